The molecule has 0 unspecified atom stereocenters. The van der Waals surface area contributed by atoms with Gasteiger partial charge in [-0.2, -0.15) is 4.37 Å². The number of aromatic nitrogens is 1. The molecular formula is C10H18N2S2. The maximum atomic E-state index is 4.24. The first-order chi connectivity index (χ1) is 6.86. The lowest BCUT2D eigenvalue weighted by Crippen LogP contribution is -1.80. The van der Waals surface area contributed by atoms with Crippen LogP contribution in [0.5, 0.6) is 0 Å². The normalized spacial score (nSPS) is 9.71. The molecule has 0 aliphatic rings. The molecular weight excluding hydrogens is 212 g/mol. The van der Waals surface area contributed by atoms with Gasteiger partial charge in [0.2, 0.25) is 0 Å². The fourth-order valence-corrected chi connectivity index (χ4v) is 1.71. The van der Waals surface area contributed by atoms with Gasteiger partial charge in [-0.3, -0.25) is 0 Å². The van der Waals surface area contributed by atoms with Crippen molar-refractivity contribution < 1.29 is 0 Å². The molecule has 0 spiro atoms. The van der Waals surface area contributed by atoms with Gasteiger partial charge >= 0.3 is 0 Å². The molecule has 0 saturated heterocycles. The summed E-state index contributed by atoms with van der Waals surface area (Å²) in [6.07, 6.45) is 2.03. The van der Waals surface area contributed by atoms with Gasteiger partial charge in [-0.05, 0) is 34.8 Å². The zero-order valence-corrected chi connectivity index (χ0v) is 10.8. The lowest BCUT2D eigenvalue weighted by Gasteiger charge is -1.86. The predicted molar refractivity (Wildman–Crippen MR) is 70.2 cm³/mol. The molecule has 0 fully saturated rings. The van der Waals surface area contributed by atoms with E-state index in [-0.39, 0.29) is 0 Å². The van der Waals surface area contributed by atoms with Gasteiger partial charge in [0.1, 0.15) is 5.00 Å². The van der Waals surface area contributed by atoms with Crippen LogP contribution >= 0.6 is 23.3 Å². The van der Waals surface area contributed by atoms with Gasteiger partial charge in [0.15, 0.2) is 0 Å². The molecule has 80 valence electrons. The average molecular weight is 230 g/mol. The highest BCUT2D eigenvalue weighted by molar-refractivity contribution is 8.02. The molecule has 2 nitrogen and oxygen atoms in total. The van der Waals surface area contributed by atoms with Crippen molar-refractivity contribution in [2.45, 2.75) is 20.8 Å². The van der Waals surface area contributed by atoms with Crippen LogP contribution in [0.25, 0.3) is 6.08 Å². The molecule has 1 aromatic rings. The summed E-state index contributed by atoms with van der Waals surface area (Å²) in [6.45, 7) is 6.13. The second-order valence-electron chi connectivity index (χ2n) is 2.12. The minimum atomic E-state index is 1.03. The van der Waals surface area contributed by atoms with Crippen LogP contribution in [0.15, 0.2) is 11.5 Å². The molecule has 4 heteroatoms. The van der Waals surface area contributed by atoms with Gasteiger partial charge in [-0.15, -0.1) is 11.8 Å². The molecule has 0 amide bonds. The Morgan fingerprint density at radius 2 is 2.29 bits per heavy atom. The van der Waals surface area contributed by atoms with Gasteiger partial charge in [0.25, 0.3) is 0 Å². The Labute approximate surface area is 95.0 Å². The van der Waals surface area contributed by atoms with Gasteiger partial charge in [0.05, 0.1) is 5.69 Å². The predicted octanol–water partition coefficient (Wildman–Crippen LogP) is 3.93. The summed E-state index contributed by atoms with van der Waals surface area (Å²) in [5.74, 6) is 1.11. The third-order valence-corrected chi connectivity index (χ3v) is 2.76. The summed E-state index contributed by atoms with van der Waals surface area (Å²) in [4.78, 5) is 0. The summed E-state index contributed by atoms with van der Waals surface area (Å²) in [7, 11) is 1.90. The number of hydrogen-bond donors (Lipinski definition) is 1. The first kappa shape index (κ1) is 13.5. The van der Waals surface area contributed by atoms with Gasteiger partial charge < -0.3 is 5.32 Å². The Balaban J connectivity index is 0.000000791. The minimum Gasteiger partial charge on any atom is -0.379 e. The molecule has 0 aliphatic heterocycles. The number of hydrogen-bond acceptors (Lipinski definition) is 4. The lowest BCUT2D eigenvalue weighted by atomic mass is 10.4. The topological polar surface area (TPSA) is 24.9 Å². The first-order valence-electron chi connectivity index (χ1n) is 4.79. The highest BCUT2D eigenvalue weighted by atomic mass is 32.2. The minimum absolute atomic E-state index is 1.03. The summed E-state index contributed by atoms with van der Waals surface area (Å²) in [5, 5.41) is 6.24. The first-order valence-corrected chi connectivity index (χ1v) is 6.61. The maximum Gasteiger partial charge on any atom is 0.109 e. The number of thioether (sulfide) groups is 1. The summed E-state index contributed by atoms with van der Waals surface area (Å²) >= 11 is 3.27. The molecule has 0 radical (unpaired) electrons. The van der Waals surface area contributed by atoms with E-state index in [4.69, 9.17) is 0 Å². The van der Waals surface area contributed by atoms with Crippen LogP contribution in [-0.4, -0.2) is 17.2 Å². The van der Waals surface area contributed by atoms with Crippen molar-refractivity contribution in [3.63, 3.8) is 0 Å². The standard InChI is InChI=1S/C8H12N2S2.C2H6/c1-3-11-5-4-7-6-8(9-2)12-10-7;1-2/h4-6,9H,3H2,1-2H3;1-2H3/b5-4+;. The summed E-state index contributed by atoms with van der Waals surface area (Å²) in [6, 6.07) is 2.04. The molecule has 0 atom stereocenters. The number of rotatable bonds is 4. The fraction of sp³-hybridized carbons (Fsp3) is 0.500. The number of nitrogens with one attached hydrogen (secondary N) is 1. The monoisotopic (exact) mass is 230 g/mol. The van der Waals surface area contributed by atoms with Crippen molar-refractivity contribution in [1.29, 1.82) is 0 Å². The molecule has 1 N–H and O–H groups in total. The second kappa shape index (κ2) is 9.09. The van der Waals surface area contributed by atoms with Crippen LogP contribution in [-0.2, 0) is 0 Å². The third-order valence-electron chi connectivity index (χ3n) is 1.28. The van der Waals surface area contributed by atoms with E-state index >= 15 is 0 Å². The van der Waals surface area contributed by atoms with E-state index in [1.54, 1.807) is 11.8 Å². The summed E-state index contributed by atoms with van der Waals surface area (Å²) in [5.41, 5.74) is 1.03. The molecule has 0 saturated carbocycles. The Morgan fingerprint density at radius 3 is 2.79 bits per heavy atom. The molecule has 0 bridgehead atoms. The highest BCUT2D eigenvalue weighted by Gasteiger charge is 1.94. The van der Waals surface area contributed by atoms with E-state index < -0.39 is 0 Å². The Kier molecular flexibility index (Phi) is 8.78. The van der Waals surface area contributed by atoms with Crippen molar-refractivity contribution in [2.75, 3.05) is 18.1 Å². The van der Waals surface area contributed by atoms with E-state index in [0.29, 0.717) is 0 Å². The van der Waals surface area contributed by atoms with Crippen molar-refractivity contribution in [2.24, 2.45) is 0 Å². The number of anilines is 1. The molecule has 0 aliphatic carbocycles. The van der Waals surface area contributed by atoms with Crippen molar-refractivity contribution in [1.82, 2.24) is 4.37 Å². The Morgan fingerprint density at radius 1 is 1.57 bits per heavy atom. The number of nitrogens with zero attached hydrogens (tertiary/aromatic N) is 1. The largest absolute Gasteiger partial charge is 0.379 e. The molecule has 0 aromatic carbocycles. The van der Waals surface area contributed by atoms with Gasteiger partial charge in [0, 0.05) is 7.05 Å². The fourth-order valence-electron chi connectivity index (χ4n) is 0.699. The Hall–Kier alpha value is -0.480. The molecule has 1 aromatic heterocycles. The van der Waals surface area contributed by atoms with E-state index in [0.717, 1.165) is 16.4 Å². The average Bonchev–Trinajstić information content (AvgIpc) is 2.69. The van der Waals surface area contributed by atoms with Crippen LogP contribution in [0, 0.1) is 0 Å². The zero-order valence-electron chi connectivity index (χ0n) is 9.20. The smallest absolute Gasteiger partial charge is 0.109 e. The van der Waals surface area contributed by atoms with Crippen molar-refractivity contribution in [3.05, 3.63) is 17.2 Å². The zero-order chi connectivity index (χ0) is 10.8. The quantitative estimate of drug-likeness (QED) is 0.848. The lowest BCUT2D eigenvalue weighted by molar-refractivity contribution is 1.50. The third kappa shape index (κ3) is 5.29. The van der Waals surface area contributed by atoms with Gasteiger partial charge in [-0.25, -0.2) is 0 Å². The van der Waals surface area contributed by atoms with Crippen molar-refractivity contribution >= 4 is 34.4 Å². The van der Waals surface area contributed by atoms with Gasteiger partial charge in [-0.1, -0.05) is 20.8 Å². The van der Waals surface area contributed by atoms with Crippen LogP contribution in [0.3, 0.4) is 0 Å². The molecule has 1 rings (SSSR count). The second-order valence-corrected chi connectivity index (χ2v) is 4.11. The summed E-state index contributed by atoms with van der Waals surface area (Å²) < 4.78 is 4.24. The van der Waals surface area contributed by atoms with E-state index in [9.17, 15) is 0 Å². The molecule has 1 heterocycles. The van der Waals surface area contributed by atoms with E-state index in [2.05, 4.69) is 22.0 Å². The van der Waals surface area contributed by atoms with E-state index in [1.165, 1.54) is 11.5 Å². The maximum absolute atomic E-state index is 4.24. The van der Waals surface area contributed by atoms with Crippen LogP contribution < -0.4 is 5.32 Å². The Bertz CT molecular complexity index is 256. The van der Waals surface area contributed by atoms with Crippen LogP contribution in [0.4, 0.5) is 5.00 Å². The SMILES string of the molecule is CC.CCS/C=C/c1cc(NC)sn1. The van der Waals surface area contributed by atoms with Crippen LogP contribution in [0.2, 0.25) is 0 Å². The molecule has 14 heavy (non-hydrogen) atoms. The highest BCUT2D eigenvalue weighted by Crippen LogP contribution is 2.17. The van der Waals surface area contributed by atoms with Crippen molar-refractivity contribution in [3.8, 4) is 0 Å². The van der Waals surface area contributed by atoms with E-state index in [1.807, 2.05) is 33.0 Å². The van der Waals surface area contributed by atoms with Crippen LogP contribution in [0.1, 0.15) is 26.5 Å².